The lowest BCUT2D eigenvalue weighted by Gasteiger charge is -2.09. The average molecular weight is 385 g/mol. The summed E-state index contributed by atoms with van der Waals surface area (Å²) in [5, 5.41) is 3.17. The highest BCUT2D eigenvalue weighted by atomic mass is 32.2. The number of hydrogen-bond acceptors (Lipinski definition) is 7. The number of nitrogens with one attached hydrogen (secondary N) is 1. The number of aryl methyl sites for hydroxylation is 1. The zero-order valence-electron chi connectivity index (χ0n) is 15.1. The summed E-state index contributed by atoms with van der Waals surface area (Å²) in [7, 11) is 1.45. The predicted octanol–water partition coefficient (Wildman–Crippen LogP) is 4.09. The Bertz CT molecular complexity index is 938. The number of para-hydroxylation sites is 1. The molecule has 2 aromatic carbocycles. The number of halogens is 1. The number of ether oxygens (including phenoxy) is 1. The number of hydrogen-bond donors (Lipinski definition) is 2. The molecule has 3 rings (SSSR count). The third kappa shape index (κ3) is 5.07. The minimum Gasteiger partial charge on any atom is -0.494 e. The van der Waals surface area contributed by atoms with Crippen LogP contribution in [0, 0.1) is 12.7 Å². The van der Waals surface area contributed by atoms with Gasteiger partial charge in [0.1, 0.15) is 5.82 Å². The number of thioether (sulfide) groups is 1. The lowest BCUT2D eigenvalue weighted by molar-refractivity contribution is 0.386. The Morgan fingerprint density at radius 3 is 2.67 bits per heavy atom. The van der Waals surface area contributed by atoms with Crippen LogP contribution in [0.5, 0.6) is 5.75 Å². The molecule has 0 aliphatic carbocycles. The summed E-state index contributed by atoms with van der Waals surface area (Å²) >= 11 is 1.56. The van der Waals surface area contributed by atoms with Crippen LogP contribution in [0.15, 0.2) is 42.5 Å². The van der Waals surface area contributed by atoms with Gasteiger partial charge in [-0.05, 0) is 36.2 Å². The van der Waals surface area contributed by atoms with Crippen LogP contribution in [0.4, 0.5) is 22.0 Å². The largest absolute Gasteiger partial charge is 0.494 e. The fraction of sp³-hybridized carbons (Fsp3) is 0.211. The normalized spacial score (nSPS) is 10.6. The number of nitrogens with zero attached hydrogens (tertiary/aromatic N) is 3. The first-order valence-corrected chi connectivity index (χ1v) is 9.44. The van der Waals surface area contributed by atoms with Crippen molar-refractivity contribution in [1.29, 1.82) is 0 Å². The fourth-order valence-electron chi connectivity index (χ4n) is 2.45. The lowest BCUT2D eigenvalue weighted by atomic mass is 10.2. The van der Waals surface area contributed by atoms with Gasteiger partial charge in [-0.2, -0.15) is 15.0 Å². The number of methoxy groups -OCH3 is 1. The molecule has 0 fully saturated rings. The SMILES string of the molecule is COc1ccc(CSCc2nc(N)nc(Nc3ccccc3C)n2)cc1F. The topological polar surface area (TPSA) is 86.0 Å². The summed E-state index contributed by atoms with van der Waals surface area (Å²) in [6, 6.07) is 12.8. The van der Waals surface area contributed by atoms with Gasteiger partial charge in [-0.3, -0.25) is 0 Å². The first-order chi connectivity index (χ1) is 13.0. The minimum absolute atomic E-state index is 0.159. The summed E-state index contributed by atoms with van der Waals surface area (Å²) < 4.78 is 18.7. The molecule has 0 saturated heterocycles. The zero-order valence-corrected chi connectivity index (χ0v) is 15.9. The van der Waals surface area contributed by atoms with Crippen molar-refractivity contribution in [1.82, 2.24) is 15.0 Å². The maximum Gasteiger partial charge on any atom is 0.232 e. The van der Waals surface area contributed by atoms with Crippen molar-refractivity contribution >= 4 is 29.3 Å². The zero-order chi connectivity index (χ0) is 19.2. The van der Waals surface area contributed by atoms with E-state index in [1.807, 2.05) is 37.3 Å². The van der Waals surface area contributed by atoms with Gasteiger partial charge in [-0.1, -0.05) is 24.3 Å². The second-order valence-electron chi connectivity index (χ2n) is 5.84. The molecule has 1 heterocycles. The van der Waals surface area contributed by atoms with Gasteiger partial charge in [-0.25, -0.2) is 4.39 Å². The van der Waals surface area contributed by atoms with E-state index in [2.05, 4.69) is 20.3 Å². The maximum atomic E-state index is 13.8. The van der Waals surface area contributed by atoms with Gasteiger partial charge in [-0.15, -0.1) is 11.8 Å². The monoisotopic (exact) mass is 385 g/mol. The number of benzene rings is 2. The first kappa shape index (κ1) is 18.9. The van der Waals surface area contributed by atoms with Crippen molar-refractivity contribution in [3.8, 4) is 5.75 Å². The molecule has 140 valence electrons. The quantitative estimate of drug-likeness (QED) is 0.633. The summed E-state index contributed by atoms with van der Waals surface area (Å²) in [4.78, 5) is 12.7. The third-order valence-corrected chi connectivity index (χ3v) is 4.81. The summed E-state index contributed by atoms with van der Waals surface area (Å²) in [5.74, 6) is 2.15. The molecule has 0 spiro atoms. The second-order valence-corrected chi connectivity index (χ2v) is 6.82. The van der Waals surface area contributed by atoms with Gasteiger partial charge in [0, 0.05) is 11.4 Å². The Morgan fingerprint density at radius 2 is 1.93 bits per heavy atom. The molecular formula is C19H20FN5OS. The lowest BCUT2D eigenvalue weighted by Crippen LogP contribution is -2.07. The standard InChI is InChI=1S/C19H20FN5OS/c1-12-5-3-4-6-15(12)22-19-24-17(23-18(21)25-19)11-27-10-13-7-8-16(26-2)14(20)9-13/h3-9H,10-11H2,1-2H3,(H3,21,22,23,24,25). The molecule has 1 aromatic heterocycles. The summed E-state index contributed by atoms with van der Waals surface area (Å²) in [6.07, 6.45) is 0. The van der Waals surface area contributed by atoms with E-state index in [9.17, 15) is 4.39 Å². The molecule has 0 bridgehead atoms. The van der Waals surface area contributed by atoms with Crippen LogP contribution in [-0.2, 0) is 11.5 Å². The van der Waals surface area contributed by atoms with E-state index in [1.165, 1.54) is 13.2 Å². The highest BCUT2D eigenvalue weighted by molar-refractivity contribution is 7.97. The van der Waals surface area contributed by atoms with Crippen LogP contribution in [0.3, 0.4) is 0 Å². The molecule has 0 aliphatic rings. The molecular weight excluding hydrogens is 365 g/mol. The van der Waals surface area contributed by atoms with E-state index < -0.39 is 0 Å². The van der Waals surface area contributed by atoms with Gasteiger partial charge in [0.05, 0.1) is 12.9 Å². The summed E-state index contributed by atoms with van der Waals surface area (Å²) in [5.41, 5.74) is 8.66. The van der Waals surface area contributed by atoms with Gasteiger partial charge < -0.3 is 15.8 Å². The van der Waals surface area contributed by atoms with Crippen LogP contribution in [-0.4, -0.2) is 22.1 Å². The molecule has 3 N–H and O–H groups in total. The van der Waals surface area contributed by atoms with Gasteiger partial charge >= 0.3 is 0 Å². The number of aromatic nitrogens is 3. The van der Waals surface area contributed by atoms with Crippen LogP contribution >= 0.6 is 11.8 Å². The molecule has 0 aliphatic heterocycles. The smallest absolute Gasteiger partial charge is 0.232 e. The number of rotatable bonds is 7. The van der Waals surface area contributed by atoms with Crippen molar-refractivity contribution in [2.24, 2.45) is 0 Å². The van der Waals surface area contributed by atoms with E-state index in [4.69, 9.17) is 10.5 Å². The number of nitrogens with two attached hydrogens (primary N) is 1. The Labute approximate surface area is 161 Å². The van der Waals surface area contributed by atoms with E-state index in [-0.39, 0.29) is 17.5 Å². The molecule has 0 amide bonds. The summed E-state index contributed by atoms with van der Waals surface area (Å²) in [6.45, 7) is 2.00. The molecule has 0 atom stereocenters. The Hall–Kier alpha value is -2.87. The van der Waals surface area contributed by atoms with Crippen molar-refractivity contribution < 1.29 is 9.13 Å². The fourth-order valence-corrected chi connectivity index (χ4v) is 3.28. The maximum absolute atomic E-state index is 13.8. The second kappa shape index (κ2) is 8.68. The third-order valence-electron chi connectivity index (χ3n) is 3.81. The van der Waals surface area contributed by atoms with Crippen molar-refractivity contribution in [3.05, 3.63) is 65.2 Å². The van der Waals surface area contributed by atoms with Crippen LogP contribution in [0.2, 0.25) is 0 Å². The van der Waals surface area contributed by atoms with E-state index >= 15 is 0 Å². The van der Waals surface area contributed by atoms with Crippen LogP contribution < -0.4 is 15.8 Å². The molecule has 6 nitrogen and oxygen atoms in total. The number of anilines is 3. The van der Waals surface area contributed by atoms with E-state index in [1.54, 1.807) is 17.8 Å². The molecule has 0 unspecified atom stereocenters. The molecule has 27 heavy (non-hydrogen) atoms. The van der Waals surface area contributed by atoms with Crippen molar-refractivity contribution in [2.45, 2.75) is 18.4 Å². The van der Waals surface area contributed by atoms with Crippen LogP contribution in [0.25, 0.3) is 0 Å². The Balaban J connectivity index is 1.64. The first-order valence-electron chi connectivity index (χ1n) is 8.28. The molecule has 3 aromatic rings. The predicted molar refractivity (Wildman–Crippen MR) is 107 cm³/mol. The highest BCUT2D eigenvalue weighted by Gasteiger charge is 2.08. The Kier molecular flexibility index (Phi) is 6.08. The molecule has 0 saturated carbocycles. The Morgan fingerprint density at radius 1 is 1.11 bits per heavy atom. The van der Waals surface area contributed by atoms with E-state index in [0.717, 1.165) is 16.8 Å². The van der Waals surface area contributed by atoms with Crippen molar-refractivity contribution in [3.63, 3.8) is 0 Å². The van der Waals surface area contributed by atoms with E-state index in [0.29, 0.717) is 23.3 Å². The highest BCUT2D eigenvalue weighted by Crippen LogP contribution is 2.23. The van der Waals surface area contributed by atoms with Crippen LogP contribution in [0.1, 0.15) is 17.0 Å². The molecule has 0 radical (unpaired) electrons. The van der Waals surface area contributed by atoms with Gasteiger partial charge in [0.15, 0.2) is 11.6 Å². The van der Waals surface area contributed by atoms with Gasteiger partial charge in [0.25, 0.3) is 0 Å². The van der Waals surface area contributed by atoms with Crippen molar-refractivity contribution in [2.75, 3.05) is 18.2 Å². The minimum atomic E-state index is -0.371. The average Bonchev–Trinajstić information content (AvgIpc) is 2.63. The molecule has 8 heteroatoms. The van der Waals surface area contributed by atoms with Gasteiger partial charge in [0.2, 0.25) is 11.9 Å². The number of nitrogen functional groups attached to an aromatic ring is 1.